The average molecular weight is 399 g/mol. The second-order valence-electron chi connectivity index (χ2n) is 6.75. The van der Waals surface area contributed by atoms with E-state index in [9.17, 15) is 18.0 Å². The molecule has 0 aliphatic heterocycles. The summed E-state index contributed by atoms with van der Waals surface area (Å²) in [4.78, 5) is 24.8. The Hall–Kier alpha value is -3.13. The number of benzene rings is 2. The maximum absolute atomic E-state index is 12.7. The predicted octanol–water partition coefficient (Wildman–Crippen LogP) is 2.45. The van der Waals surface area contributed by atoms with Crippen LogP contribution in [0.4, 0.5) is 5.69 Å². The van der Waals surface area contributed by atoms with Gasteiger partial charge in [-0.25, -0.2) is 13.2 Å². The highest BCUT2D eigenvalue weighted by molar-refractivity contribution is 7.90. The molecule has 0 bridgehead atoms. The minimum Gasteiger partial charge on any atom is -0.325 e. The van der Waals surface area contributed by atoms with Gasteiger partial charge in [0.25, 0.3) is 10.0 Å². The average Bonchev–Trinajstić information content (AvgIpc) is 2.95. The van der Waals surface area contributed by atoms with Crippen molar-refractivity contribution in [2.24, 2.45) is 0 Å². The van der Waals surface area contributed by atoms with Crippen molar-refractivity contribution in [1.29, 1.82) is 0 Å². The molecule has 0 aliphatic carbocycles. The topological polar surface area (TPSA) is 90.2 Å². The Morgan fingerprint density at radius 1 is 0.929 bits per heavy atom. The number of nitrogens with one attached hydrogen (secondary N) is 1. The number of aromatic nitrogens is 2. The maximum atomic E-state index is 12.7. The van der Waals surface area contributed by atoms with Crippen molar-refractivity contribution in [3.63, 3.8) is 0 Å². The molecule has 28 heavy (non-hydrogen) atoms. The van der Waals surface area contributed by atoms with Gasteiger partial charge in [-0.2, -0.15) is 3.97 Å². The summed E-state index contributed by atoms with van der Waals surface area (Å²) in [6.45, 7) is 5.39. The molecule has 0 unspecified atom stereocenters. The first-order valence-electron chi connectivity index (χ1n) is 8.65. The highest BCUT2D eigenvalue weighted by Crippen LogP contribution is 2.14. The van der Waals surface area contributed by atoms with E-state index in [-0.39, 0.29) is 11.4 Å². The molecule has 8 heteroatoms. The number of aryl methyl sites for hydroxylation is 3. The molecule has 3 rings (SSSR count). The molecule has 0 saturated heterocycles. The van der Waals surface area contributed by atoms with Gasteiger partial charge in [0.1, 0.15) is 6.54 Å². The van der Waals surface area contributed by atoms with Crippen LogP contribution in [-0.4, -0.2) is 22.9 Å². The highest BCUT2D eigenvalue weighted by atomic mass is 32.2. The number of hydrogen-bond acceptors (Lipinski definition) is 4. The molecule has 2 aromatic carbocycles. The molecule has 1 heterocycles. The third-order valence-electron chi connectivity index (χ3n) is 4.21. The zero-order valence-electron chi connectivity index (χ0n) is 15.8. The van der Waals surface area contributed by atoms with Gasteiger partial charge in [0.05, 0.1) is 4.90 Å². The van der Waals surface area contributed by atoms with Crippen LogP contribution in [0.5, 0.6) is 0 Å². The molecule has 0 atom stereocenters. The van der Waals surface area contributed by atoms with Crippen LogP contribution in [0, 0.1) is 20.8 Å². The van der Waals surface area contributed by atoms with Gasteiger partial charge >= 0.3 is 5.69 Å². The van der Waals surface area contributed by atoms with E-state index in [0.29, 0.717) is 9.66 Å². The smallest absolute Gasteiger partial charge is 0.325 e. The number of nitrogens with zero attached hydrogens (tertiary/aromatic N) is 2. The van der Waals surface area contributed by atoms with Gasteiger partial charge in [0, 0.05) is 18.1 Å². The van der Waals surface area contributed by atoms with Gasteiger partial charge in [-0.15, -0.1) is 0 Å². The SMILES string of the molecule is Cc1ccc(S(=O)(=O)n2ccn(CC(=O)Nc3cc(C)cc(C)c3)c2=O)cc1. The molecule has 0 saturated carbocycles. The summed E-state index contributed by atoms with van der Waals surface area (Å²) in [5.74, 6) is -0.419. The second kappa shape index (κ2) is 7.47. The minimum atomic E-state index is -4.02. The normalized spacial score (nSPS) is 11.4. The molecular weight excluding hydrogens is 378 g/mol. The van der Waals surface area contributed by atoms with Crippen LogP contribution in [0.2, 0.25) is 0 Å². The lowest BCUT2D eigenvalue weighted by Gasteiger charge is -2.08. The number of carbonyl (C=O) groups is 1. The third kappa shape index (κ3) is 4.07. The summed E-state index contributed by atoms with van der Waals surface area (Å²) in [6.07, 6.45) is 2.44. The Morgan fingerprint density at radius 3 is 2.14 bits per heavy atom. The molecule has 3 aromatic rings. The lowest BCUT2D eigenvalue weighted by atomic mass is 10.1. The van der Waals surface area contributed by atoms with E-state index in [0.717, 1.165) is 27.5 Å². The van der Waals surface area contributed by atoms with Gasteiger partial charge in [-0.3, -0.25) is 9.36 Å². The highest BCUT2D eigenvalue weighted by Gasteiger charge is 2.21. The maximum Gasteiger partial charge on any atom is 0.342 e. The number of amides is 1. The number of hydrogen-bond donors (Lipinski definition) is 1. The Balaban J connectivity index is 1.82. The van der Waals surface area contributed by atoms with Crippen LogP contribution in [0.3, 0.4) is 0 Å². The largest absolute Gasteiger partial charge is 0.342 e. The van der Waals surface area contributed by atoms with Gasteiger partial charge in [-0.05, 0) is 56.2 Å². The van der Waals surface area contributed by atoms with Crippen LogP contribution >= 0.6 is 0 Å². The van der Waals surface area contributed by atoms with E-state index in [2.05, 4.69) is 5.32 Å². The van der Waals surface area contributed by atoms with E-state index in [4.69, 9.17) is 0 Å². The third-order valence-corrected chi connectivity index (χ3v) is 5.88. The van der Waals surface area contributed by atoms with Crippen molar-refractivity contribution in [1.82, 2.24) is 8.54 Å². The molecule has 7 nitrogen and oxygen atoms in total. The number of carbonyl (C=O) groups excluding carboxylic acids is 1. The molecule has 0 fully saturated rings. The molecule has 0 spiro atoms. The fourth-order valence-corrected chi connectivity index (χ4v) is 4.16. The summed E-state index contributed by atoms with van der Waals surface area (Å²) >= 11 is 0. The zero-order chi connectivity index (χ0) is 20.5. The Morgan fingerprint density at radius 2 is 1.54 bits per heavy atom. The van der Waals surface area contributed by atoms with Crippen molar-refractivity contribution in [2.75, 3.05) is 5.32 Å². The van der Waals surface area contributed by atoms with Crippen molar-refractivity contribution in [3.8, 4) is 0 Å². The molecule has 146 valence electrons. The molecule has 0 aliphatic rings. The fraction of sp³-hybridized carbons (Fsp3) is 0.200. The van der Waals surface area contributed by atoms with E-state index in [1.165, 1.54) is 18.3 Å². The van der Waals surface area contributed by atoms with E-state index in [1.54, 1.807) is 12.1 Å². The zero-order valence-corrected chi connectivity index (χ0v) is 16.7. The van der Waals surface area contributed by atoms with Crippen molar-refractivity contribution in [2.45, 2.75) is 32.2 Å². The minimum absolute atomic E-state index is 0.0117. The first kappa shape index (κ1) is 19.6. The van der Waals surface area contributed by atoms with E-state index in [1.807, 2.05) is 39.0 Å². The Kier molecular flexibility index (Phi) is 5.24. The van der Waals surface area contributed by atoms with Gasteiger partial charge < -0.3 is 5.32 Å². The summed E-state index contributed by atoms with van der Waals surface area (Å²) in [5, 5.41) is 2.73. The number of anilines is 1. The summed E-state index contributed by atoms with van der Waals surface area (Å²) < 4.78 is 27.1. The predicted molar refractivity (Wildman–Crippen MR) is 107 cm³/mol. The van der Waals surface area contributed by atoms with Gasteiger partial charge in [-0.1, -0.05) is 23.8 Å². The quantitative estimate of drug-likeness (QED) is 0.714. The first-order chi connectivity index (χ1) is 13.2. The monoisotopic (exact) mass is 399 g/mol. The van der Waals surface area contributed by atoms with E-state index < -0.39 is 21.6 Å². The lowest BCUT2D eigenvalue weighted by Crippen LogP contribution is -2.32. The van der Waals surface area contributed by atoms with Crippen molar-refractivity contribution in [3.05, 3.63) is 82.0 Å². The van der Waals surface area contributed by atoms with Crippen LogP contribution in [0.15, 0.2) is 64.5 Å². The second-order valence-corrected chi connectivity index (χ2v) is 8.56. The fourth-order valence-electron chi connectivity index (χ4n) is 2.92. The first-order valence-corrected chi connectivity index (χ1v) is 10.1. The van der Waals surface area contributed by atoms with Crippen LogP contribution < -0.4 is 11.0 Å². The van der Waals surface area contributed by atoms with Crippen molar-refractivity contribution >= 4 is 21.6 Å². The van der Waals surface area contributed by atoms with Gasteiger partial charge in [0.2, 0.25) is 5.91 Å². The Bertz CT molecular complexity index is 1170. The number of imidazole rings is 1. The van der Waals surface area contributed by atoms with Gasteiger partial charge in [0.15, 0.2) is 0 Å². The standard InChI is InChI=1S/C20H21N3O4S/c1-14-4-6-18(7-5-14)28(26,27)23-9-8-22(20(23)25)13-19(24)21-17-11-15(2)10-16(3)12-17/h4-12H,13H2,1-3H3,(H,21,24). The summed E-state index contributed by atoms with van der Waals surface area (Å²) in [7, 11) is -4.02. The summed E-state index contributed by atoms with van der Waals surface area (Å²) in [6, 6.07) is 11.8. The lowest BCUT2D eigenvalue weighted by molar-refractivity contribution is -0.116. The molecule has 1 N–H and O–H groups in total. The summed E-state index contributed by atoms with van der Waals surface area (Å²) in [5.41, 5.74) is 2.75. The molecule has 0 radical (unpaired) electrons. The van der Waals surface area contributed by atoms with Crippen LogP contribution in [0.25, 0.3) is 0 Å². The van der Waals surface area contributed by atoms with E-state index >= 15 is 0 Å². The number of rotatable bonds is 5. The van der Waals surface area contributed by atoms with Crippen molar-refractivity contribution < 1.29 is 13.2 Å². The van der Waals surface area contributed by atoms with Crippen LogP contribution in [0.1, 0.15) is 16.7 Å². The molecule has 1 aromatic heterocycles. The van der Waals surface area contributed by atoms with Crippen LogP contribution in [-0.2, 0) is 21.4 Å². The molecular formula is C20H21N3O4S. The molecule has 1 amide bonds. The Labute approximate surface area is 163 Å².